The van der Waals surface area contributed by atoms with E-state index in [2.05, 4.69) is 48.3 Å². The Morgan fingerprint density at radius 1 is 0.292 bits per heavy atom. The van der Waals surface area contributed by atoms with E-state index < -0.39 is 206 Å². The smallest absolute Gasteiger partial charge is 0.200 e. The highest BCUT2D eigenvalue weighted by Crippen LogP contribution is 2.42. The lowest BCUT2D eigenvalue weighted by Crippen LogP contribution is -2.22. The van der Waals surface area contributed by atoms with Gasteiger partial charge in [0, 0.05) is 66.6 Å². The normalized spacial score (nSPS) is 13.9. The number of aromatic amines is 4. The quantitative estimate of drug-likeness (QED) is 0.0553. The van der Waals surface area contributed by atoms with E-state index >= 15 is 70.2 Å². The molecule has 13 rings (SSSR count). The topological polar surface area (TPSA) is 87.9 Å². The van der Waals surface area contributed by atoms with E-state index in [1.807, 2.05) is 0 Å². The second-order valence-corrected chi connectivity index (χ2v) is 21.1. The monoisotopic (exact) mass is 1330 g/mol. The van der Waals surface area contributed by atoms with Crippen LogP contribution in [0.15, 0.2) is 161 Å². The Labute approximate surface area is 523 Å². The largest absolute Gasteiger partial charge is 0.354 e. The van der Waals surface area contributed by atoms with Crippen LogP contribution in [-0.4, -0.2) is 31.4 Å². The molecular weight excluding hydrogens is 1300 g/mol. The summed E-state index contributed by atoms with van der Waals surface area (Å²) in [6, 6.07) is 23.5. The number of nitrogens with one attached hydrogen (secondary N) is 4. The van der Waals surface area contributed by atoms with Crippen molar-refractivity contribution in [3.05, 3.63) is 345 Å². The Morgan fingerprint density at radius 2 is 0.615 bits per heavy atom. The van der Waals surface area contributed by atoms with Gasteiger partial charge in [-0.2, -0.15) is 0 Å². The van der Waals surface area contributed by atoms with E-state index in [0.29, 0.717) is 0 Å². The predicted octanol–water partition coefficient (Wildman–Crippen LogP) is 14.6. The van der Waals surface area contributed by atoms with Crippen LogP contribution in [0.1, 0.15) is 56.2 Å². The second-order valence-electron chi connectivity index (χ2n) is 21.1. The molecule has 0 atom stereocenters. The zero-order chi connectivity index (χ0) is 68.2. The maximum atomic E-state index is 16.5. The standard InChI is InChI=1S/C70H28F20N6/c1-26(28-10-6-3-7-11-28)42-32-18-20-36(93-32)45(49-55(75)63(83)69(89)64(84)56(49)76)40-24-22-38(95-40)43(47-51(71)59(79)67(87)60(80)52(47)72)34-16-14-30(91-34)29(13-12-27-8-4-2-5-9-27)31-15-17-35(92-31)44(48-53(73)61(81)68(88)62(82)54(48)74)39-23-25-41(96-39)46(37-21-19-33(42)94-37)50-57(77)65(85)70(90)66(86)58(50)78/h2-11,14-25,91-94H,1H2. The molecule has 4 N–H and O–H groups in total. The number of benzene rings is 6. The Hall–Kier alpha value is -11.9. The minimum absolute atomic E-state index is 0.0666. The van der Waals surface area contributed by atoms with E-state index in [0.717, 1.165) is 72.8 Å². The number of nitrogens with zero attached hydrogens (tertiary/aromatic N) is 2. The zero-order valence-electron chi connectivity index (χ0n) is 47.4. The van der Waals surface area contributed by atoms with Crippen LogP contribution in [0.4, 0.5) is 87.8 Å². The molecule has 3 aliphatic heterocycles. The predicted molar refractivity (Wildman–Crippen MR) is 311 cm³/mol. The molecule has 0 fully saturated rings. The molecule has 0 amide bonds. The van der Waals surface area contributed by atoms with Gasteiger partial charge >= 0.3 is 0 Å². The molecule has 0 aliphatic carbocycles. The van der Waals surface area contributed by atoms with Crippen molar-refractivity contribution in [1.29, 1.82) is 0 Å². The van der Waals surface area contributed by atoms with Gasteiger partial charge in [-0.05, 0) is 96.1 Å². The van der Waals surface area contributed by atoms with Crippen molar-refractivity contribution in [2.45, 2.75) is 0 Å². The lowest BCUT2D eigenvalue weighted by molar-refractivity contribution is 0.376. The van der Waals surface area contributed by atoms with Gasteiger partial charge in [0.15, 0.2) is 93.1 Å². The highest BCUT2D eigenvalue weighted by atomic mass is 19.2. The van der Waals surface area contributed by atoms with Crippen molar-refractivity contribution in [2.24, 2.45) is 9.98 Å². The zero-order valence-corrected chi connectivity index (χ0v) is 47.4. The highest BCUT2D eigenvalue weighted by molar-refractivity contribution is 6.31. The fraction of sp³-hybridized carbons (Fsp3) is 0. The van der Waals surface area contributed by atoms with Crippen LogP contribution in [-0.2, 0) is 0 Å². The Kier molecular flexibility index (Phi) is 15.7. The van der Waals surface area contributed by atoms with E-state index in [4.69, 9.17) is 0 Å². The van der Waals surface area contributed by atoms with Crippen molar-refractivity contribution < 1.29 is 87.8 Å². The number of hydrogen-bond acceptors (Lipinski definition) is 2. The minimum Gasteiger partial charge on any atom is -0.354 e. The Bertz CT molecular complexity index is 5550. The van der Waals surface area contributed by atoms with Crippen LogP contribution in [0.5, 0.6) is 0 Å². The summed E-state index contributed by atoms with van der Waals surface area (Å²) in [5.74, 6) is -45.0. The molecule has 6 nitrogen and oxygen atoms in total. The fourth-order valence-corrected chi connectivity index (χ4v) is 11.1. The maximum Gasteiger partial charge on any atom is 0.200 e. The first-order chi connectivity index (χ1) is 45.9. The van der Waals surface area contributed by atoms with Crippen molar-refractivity contribution in [3.63, 3.8) is 0 Å². The number of fused-ring (bicyclic) bond motifs is 10. The van der Waals surface area contributed by atoms with Crippen LogP contribution in [0, 0.1) is 128 Å². The summed E-state index contributed by atoms with van der Waals surface area (Å²) in [5, 5.41) is -1.88. The van der Waals surface area contributed by atoms with Crippen molar-refractivity contribution in [1.82, 2.24) is 19.9 Å². The third-order valence-electron chi connectivity index (χ3n) is 15.6. The summed E-state index contributed by atoms with van der Waals surface area (Å²) in [6.07, 6.45) is 3.19. The van der Waals surface area contributed by atoms with E-state index in [1.54, 1.807) is 24.3 Å². The molecular formula is C70H28F20N6. The summed E-state index contributed by atoms with van der Waals surface area (Å²) < 4.78 is 316. The first-order valence-corrected chi connectivity index (χ1v) is 27.6. The molecule has 0 saturated carbocycles. The number of aliphatic imine (C=N–C) groups is 2. The molecule has 0 spiro atoms. The summed E-state index contributed by atoms with van der Waals surface area (Å²) in [5.41, 5.74) is -16.5. The van der Waals surface area contributed by atoms with Gasteiger partial charge in [0.1, 0.15) is 0 Å². The van der Waals surface area contributed by atoms with Crippen molar-refractivity contribution in [3.8, 4) is 11.8 Å². The molecule has 10 aromatic rings. The lowest BCUT2D eigenvalue weighted by atomic mass is 9.97. The highest BCUT2D eigenvalue weighted by Gasteiger charge is 2.37. The molecule has 478 valence electrons. The Balaban J connectivity index is 1.23. The number of H-pyrrole nitrogens is 4. The van der Waals surface area contributed by atoms with Gasteiger partial charge in [-0.1, -0.05) is 67.0 Å². The van der Waals surface area contributed by atoms with Crippen LogP contribution in [0.2, 0.25) is 0 Å². The van der Waals surface area contributed by atoms with Crippen LogP contribution < -0.4 is 21.4 Å². The summed E-state index contributed by atoms with van der Waals surface area (Å²) in [4.78, 5) is 19.6. The van der Waals surface area contributed by atoms with Gasteiger partial charge in [-0.3, -0.25) is 0 Å². The van der Waals surface area contributed by atoms with Gasteiger partial charge in [-0.15, -0.1) is 0 Å². The average Bonchev–Trinajstić information content (AvgIpc) is 1.32. The average molecular weight is 1330 g/mol. The third-order valence-corrected chi connectivity index (χ3v) is 15.6. The van der Waals surface area contributed by atoms with Gasteiger partial charge in [0.25, 0.3) is 0 Å². The summed E-state index contributed by atoms with van der Waals surface area (Å²) in [7, 11) is 0. The molecule has 4 aromatic heterocycles. The van der Waals surface area contributed by atoms with E-state index in [9.17, 15) is 17.6 Å². The molecule has 26 heteroatoms. The van der Waals surface area contributed by atoms with Gasteiger partial charge in [0.2, 0.25) is 23.3 Å². The molecule has 96 heavy (non-hydrogen) atoms. The molecule has 6 aromatic carbocycles. The number of rotatable bonds is 6. The Morgan fingerprint density at radius 3 is 1.03 bits per heavy atom. The number of allylic oxidation sites excluding steroid dienone is 5. The van der Waals surface area contributed by atoms with E-state index in [1.165, 1.54) is 36.4 Å². The minimum atomic E-state index is -2.64. The lowest BCUT2D eigenvalue weighted by Gasteiger charge is -2.14. The first kappa shape index (κ1) is 62.9. The van der Waals surface area contributed by atoms with Crippen molar-refractivity contribution >= 4 is 50.4 Å². The SMILES string of the molecule is C=C(C1=c2ccc([nH]2)=C(c2c(F)c(F)c(F)c(F)c2F)C2=NC(=C(c3c(F)c(F)c(F)c(F)c3F)c3ccc([nH]3)C(C#Cc3ccccc3)=c3ccc([nH]3)=C(c3c(F)c(F)c(F)c(F)c3F)C3=NC(=C(c4c(F)c(F)c(F)c(F)c4F)c4ccc1[nH]4)C=C3)C=C2)c1ccccc1. The van der Waals surface area contributed by atoms with Gasteiger partial charge in [0.05, 0.1) is 61.7 Å². The van der Waals surface area contributed by atoms with Crippen LogP contribution >= 0.6 is 0 Å². The third kappa shape index (κ3) is 10.1. The fourth-order valence-electron chi connectivity index (χ4n) is 11.1. The first-order valence-electron chi connectivity index (χ1n) is 27.6. The second kappa shape index (κ2) is 23.9. The van der Waals surface area contributed by atoms with Crippen LogP contribution in [0.3, 0.4) is 0 Å². The summed E-state index contributed by atoms with van der Waals surface area (Å²) in [6.45, 7) is 4.16. The van der Waals surface area contributed by atoms with Crippen LogP contribution in [0.25, 0.3) is 39.0 Å². The molecule has 12 bridgehead atoms. The molecule has 0 radical (unpaired) electrons. The number of aromatic nitrogens is 4. The van der Waals surface area contributed by atoms with E-state index in [-0.39, 0.29) is 49.9 Å². The number of halogens is 20. The van der Waals surface area contributed by atoms with Gasteiger partial charge in [-0.25, -0.2) is 97.8 Å². The van der Waals surface area contributed by atoms with Gasteiger partial charge < -0.3 is 19.9 Å². The number of hydrogen-bond donors (Lipinski definition) is 4. The molecule has 7 heterocycles. The van der Waals surface area contributed by atoms with Crippen molar-refractivity contribution in [2.75, 3.05) is 0 Å². The molecule has 0 saturated heterocycles. The maximum absolute atomic E-state index is 16.5. The molecule has 0 unspecified atom stereocenters. The summed E-state index contributed by atoms with van der Waals surface area (Å²) >= 11 is 0. The molecule has 3 aliphatic rings.